The van der Waals surface area contributed by atoms with Crippen LogP contribution in [0.25, 0.3) is 0 Å². The van der Waals surface area contributed by atoms with Gasteiger partial charge in [-0.05, 0) is 50.6 Å². The molecule has 1 aliphatic heterocycles. The Morgan fingerprint density at radius 1 is 1.30 bits per heavy atom. The lowest BCUT2D eigenvalue weighted by molar-refractivity contribution is -0.120. The number of aryl methyl sites for hydroxylation is 1. The van der Waals surface area contributed by atoms with Gasteiger partial charge in [0.15, 0.2) is 0 Å². The molecule has 5 nitrogen and oxygen atoms in total. The second-order valence-corrected chi connectivity index (χ2v) is 5.03. The molecule has 2 rings (SSSR count). The van der Waals surface area contributed by atoms with E-state index in [-0.39, 0.29) is 11.8 Å². The van der Waals surface area contributed by atoms with Crippen molar-refractivity contribution in [2.24, 2.45) is 5.92 Å². The predicted octanol–water partition coefficient (Wildman–Crippen LogP) is 1.72. The summed E-state index contributed by atoms with van der Waals surface area (Å²) >= 11 is 0. The van der Waals surface area contributed by atoms with E-state index in [9.17, 15) is 9.59 Å². The molecule has 1 aromatic carbocycles. The van der Waals surface area contributed by atoms with Crippen molar-refractivity contribution >= 4 is 17.6 Å². The van der Waals surface area contributed by atoms with Crippen LogP contribution < -0.4 is 10.6 Å². The Morgan fingerprint density at radius 3 is 2.65 bits per heavy atom. The van der Waals surface area contributed by atoms with Crippen LogP contribution in [0.5, 0.6) is 0 Å². The molecular weight excluding hydrogens is 256 g/mol. The van der Waals surface area contributed by atoms with Gasteiger partial charge in [0.1, 0.15) is 0 Å². The van der Waals surface area contributed by atoms with Crippen molar-refractivity contribution in [2.45, 2.75) is 19.8 Å². The number of rotatable bonds is 3. The lowest BCUT2D eigenvalue weighted by Gasteiger charge is -2.22. The normalized spacial score (nSPS) is 15.7. The Hall–Kier alpha value is -1.88. The fourth-order valence-electron chi connectivity index (χ4n) is 2.32. The van der Waals surface area contributed by atoms with Crippen molar-refractivity contribution in [3.63, 3.8) is 0 Å². The summed E-state index contributed by atoms with van der Waals surface area (Å²) in [5.41, 5.74) is 2.05. The first-order valence-electron chi connectivity index (χ1n) is 6.82. The molecule has 0 atom stereocenters. The first kappa shape index (κ1) is 14.5. The van der Waals surface area contributed by atoms with E-state index in [1.165, 1.54) is 7.11 Å². The van der Waals surface area contributed by atoms with Crippen LogP contribution in [0.3, 0.4) is 0 Å². The van der Waals surface area contributed by atoms with E-state index in [0.29, 0.717) is 11.3 Å². The van der Waals surface area contributed by atoms with Gasteiger partial charge in [0.05, 0.1) is 12.7 Å². The Morgan fingerprint density at radius 2 is 2.00 bits per heavy atom. The van der Waals surface area contributed by atoms with E-state index in [1.807, 2.05) is 13.0 Å². The number of methoxy groups -OCH3 is 1. The molecule has 1 fully saturated rings. The van der Waals surface area contributed by atoms with Crippen molar-refractivity contribution in [1.29, 1.82) is 0 Å². The average molecular weight is 276 g/mol. The number of carbonyl (C=O) groups is 2. The van der Waals surface area contributed by atoms with E-state index in [0.717, 1.165) is 31.5 Å². The van der Waals surface area contributed by atoms with Crippen molar-refractivity contribution < 1.29 is 14.3 Å². The Kier molecular flexibility index (Phi) is 4.74. The van der Waals surface area contributed by atoms with E-state index in [4.69, 9.17) is 4.74 Å². The molecule has 1 aliphatic rings. The standard InChI is InChI=1S/C15H20N2O3/c1-10-3-4-12(15(19)20-2)9-13(10)17-14(18)11-5-7-16-8-6-11/h3-4,9,11,16H,5-8H2,1-2H3,(H,17,18). The van der Waals surface area contributed by atoms with Gasteiger partial charge in [0.2, 0.25) is 5.91 Å². The number of carbonyl (C=O) groups excluding carboxylic acids is 2. The van der Waals surface area contributed by atoms with Crippen LogP contribution in [0.4, 0.5) is 5.69 Å². The molecule has 1 amide bonds. The smallest absolute Gasteiger partial charge is 0.337 e. The van der Waals surface area contributed by atoms with Gasteiger partial charge in [-0.1, -0.05) is 6.07 Å². The van der Waals surface area contributed by atoms with Crippen LogP contribution in [-0.4, -0.2) is 32.1 Å². The Labute approximate surface area is 118 Å². The molecule has 20 heavy (non-hydrogen) atoms. The summed E-state index contributed by atoms with van der Waals surface area (Å²) in [5.74, 6) is -0.337. The quantitative estimate of drug-likeness (QED) is 0.825. The van der Waals surface area contributed by atoms with Crippen LogP contribution in [-0.2, 0) is 9.53 Å². The van der Waals surface area contributed by atoms with Gasteiger partial charge in [-0.15, -0.1) is 0 Å². The zero-order valence-electron chi connectivity index (χ0n) is 11.9. The maximum absolute atomic E-state index is 12.2. The van der Waals surface area contributed by atoms with Gasteiger partial charge in [0.25, 0.3) is 0 Å². The highest BCUT2D eigenvalue weighted by molar-refractivity contribution is 5.96. The number of piperidine rings is 1. The molecular formula is C15H20N2O3. The third-order valence-electron chi connectivity index (χ3n) is 3.63. The minimum absolute atomic E-state index is 0.0246. The molecule has 2 N–H and O–H groups in total. The number of amides is 1. The minimum atomic E-state index is -0.401. The van der Waals surface area contributed by atoms with Crippen molar-refractivity contribution in [3.8, 4) is 0 Å². The number of esters is 1. The van der Waals surface area contributed by atoms with Crippen LogP contribution in [0.15, 0.2) is 18.2 Å². The molecule has 0 aliphatic carbocycles. The minimum Gasteiger partial charge on any atom is -0.465 e. The fourth-order valence-corrected chi connectivity index (χ4v) is 2.32. The number of anilines is 1. The van der Waals surface area contributed by atoms with Gasteiger partial charge in [-0.3, -0.25) is 4.79 Å². The number of hydrogen-bond acceptors (Lipinski definition) is 4. The largest absolute Gasteiger partial charge is 0.465 e. The number of hydrogen-bond donors (Lipinski definition) is 2. The molecule has 0 radical (unpaired) electrons. The molecule has 5 heteroatoms. The Balaban J connectivity index is 2.11. The third-order valence-corrected chi connectivity index (χ3v) is 3.63. The summed E-state index contributed by atoms with van der Waals surface area (Å²) < 4.78 is 4.69. The average Bonchev–Trinajstić information content (AvgIpc) is 2.49. The van der Waals surface area contributed by atoms with Gasteiger partial charge in [-0.2, -0.15) is 0 Å². The highest BCUT2D eigenvalue weighted by Crippen LogP contribution is 2.20. The zero-order valence-corrected chi connectivity index (χ0v) is 11.9. The molecule has 108 valence electrons. The lowest BCUT2D eigenvalue weighted by Crippen LogP contribution is -2.34. The summed E-state index contributed by atoms with van der Waals surface area (Å²) in [5, 5.41) is 6.16. The molecule has 0 unspecified atom stereocenters. The van der Waals surface area contributed by atoms with E-state index < -0.39 is 5.97 Å². The summed E-state index contributed by atoms with van der Waals surface area (Å²) in [6.07, 6.45) is 1.70. The number of nitrogens with one attached hydrogen (secondary N) is 2. The first-order chi connectivity index (χ1) is 9.61. The van der Waals surface area contributed by atoms with Gasteiger partial charge >= 0.3 is 5.97 Å². The van der Waals surface area contributed by atoms with Gasteiger partial charge < -0.3 is 15.4 Å². The first-order valence-corrected chi connectivity index (χ1v) is 6.82. The van der Waals surface area contributed by atoms with Crippen LogP contribution >= 0.6 is 0 Å². The topological polar surface area (TPSA) is 67.4 Å². The number of benzene rings is 1. The van der Waals surface area contributed by atoms with Crippen molar-refractivity contribution in [2.75, 3.05) is 25.5 Å². The molecule has 0 saturated carbocycles. The second-order valence-electron chi connectivity index (χ2n) is 5.03. The summed E-state index contributed by atoms with van der Waals surface area (Å²) in [7, 11) is 1.34. The van der Waals surface area contributed by atoms with Gasteiger partial charge in [0, 0.05) is 11.6 Å². The SMILES string of the molecule is COC(=O)c1ccc(C)c(NC(=O)C2CCNCC2)c1. The third kappa shape index (κ3) is 3.36. The maximum Gasteiger partial charge on any atom is 0.337 e. The lowest BCUT2D eigenvalue weighted by atomic mass is 9.97. The summed E-state index contributed by atoms with van der Waals surface area (Å²) in [6.45, 7) is 3.65. The fraction of sp³-hybridized carbons (Fsp3) is 0.467. The molecule has 1 aromatic rings. The second kappa shape index (κ2) is 6.52. The van der Waals surface area contributed by atoms with E-state index in [2.05, 4.69) is 10.6 Å². The van der Waals surface area contributed by atoms with Crippen molar-refractivity contribution in [3.05, 3.63) is 29.3 Å². The highest BCUT2D eigenvalue weighted by atomic mass is 16.5. The zero-order chi connectivity index (χ0) is 14.5. The summed E-state index contributed by atoms with van der Waals surface area (Å²) in [6, 6.07) is 5.17. The van der Waals surface area contributed by atoms with Gasteiger partial charge in [-0.25, -0.2) is 4.79 Å². The van der Waals surface area contributed by atoms with E-state index >= 15 is 0 Å². The predicted molar refractivity (Wildman–Crippen MR) is 76.7 cm³/mol. The molecule has 1 saturated heterocycles. The maximum atomic E-state index is 12.2. The monoisotopic (exact) mass is 276 g/mol. The van der Waals surface area contributed by atoms with Crippen LogP contribution in [0.2, 0.25) is 0 Å². The molecule has 0 spiro atoms. The molecule has 1 heterocycles. The van der Waals surface area contributed by atoms with Crippen molar-refractivity contribution in [1.82, 2.24) is 5.32 Å². The summed E-state index contributed by atoms with van der Waals surface area (Å²) in [4.78, 5) is 23.7. The molecule has 0 aromatic heterocycles. The Bertz CT molecular complexity index is 508. The van der Waals surface area contributed by atoms with Crippen LogP contribution in [0.1, 0.15) is 28.8 Å². The van der Waals surface area contributed by atoms with E-state index in [1.54, 1.807) is 12.1 Å². The molecule has 0 bridgehead atoms. The van der Waals surface area contributed by atoms with Crippen LogP contribution in [0, 0.1) is 12.8 Å². The highest BCUT2D eigenvalue weighted by Gasteiger charge is 2.21. The number of ether oxygens (including phenoxy) is 1.